The van der Waals surface area contributed by atoms with Crippen molar-refractivity contribution in [1.29, 1.82) is 0 Å². The third-order valence-corrected chi connectivity index (χ3v) is 10.1. The molecule has 0 saturated carbocycles. The Morgan fingerprint density at radius 3 is 1.36 bits per heavy atom. The van der Waals surface area contributed by atoms with Crippen LogP contribution in [-0.2, 0) is 4.74 Å². The maximum absolute atomic E-state index is 12.6. The van der Waals surface area contributed by atoms with Crippen molar-refractivity contribution >= 4 is 67.6 Å². The molecule has 3 fully saturated rings. The van der Waals surface area contributed by atoms with Gasteiger partial charge in [0.05, 0.1) is 19.3 Å². The van der Waals surface area contributed by atoms with Crippen LogP contribution in [0.1, 0.15) is 16.8 Å². The fourth-order valence-electron chi connectivity index (χ4n) is 6.46. The van der Waals surface area contributed by atoms with E-state index in [1.54, 1.807) is 31.1 Å². The van der Waals surface area contributed by atoms with Gasteiger partial charge in [-0.05, 0) is 37.5 Å². The smallest absolute Gasteiger partial charge is 0.376 e. The molecule has 1 N–H and O–H groups in total. The van der Waals surface area contributed by atoms with Gasteiger partial charge in [0.25, 0.3) is 0 Å². The minimum Gasteiger partial charge on any atom is -0.494 e. The highest BCUT2D eigenvalue weighted by molar-refractivity contribution is 6.58. The zero-order chi connectivity index (χ0) is 40.3. The van der Waals surface area contributed by atoms with Gasteiger partial charge in [-0.15, -0.1) is 0 Å². The summed E-state index contributed by atoms with van der Waals surface area (Å²) < 4.78 is 10.7. The summed E-state index contributed by atoms with van der Waals surface area (Å²) >= 11 is 0. The lowest BCUT2D eigenvalue weighted by Gasteiger charge is -2.36. The highest BCUT2D eigenvalue weighted by Gasteiger charge is 2.23. The molecule has 0 unspecified atom stereocenters. The largest absolute Gasteiger partial charge is 0.494 e. The van der Waals surface area contributed by atoms with Crippen LogP contribution in [0.2, 0.25) is 6.82 Å². The van der Waals surface area contributed by atoms with Crippen molar-refractivity contribution in [2.75, 3.05) is 138 Å². The molecule has 2 bridgehead atoms. The topological polar surface area (TPSA) is 150 Å². The van der Waals surface area contributed by atoms with E-state index in [1.165, 1.54) is 26.7 Å². The van der Waals surface area contributed by atoms with E-state index in [4.69, 9.17) is 40.9 Å². The van der Waals surface area contributed by atoms with Gasteiger partial charge in [-0.1, -0.05) is 0 Å². The van der Waals surface area contributed by atoms with Crippen LogP contribution in [0.5, 0.6) is 5.75 Å². The number of ether oxygens (including phenoxy) is 2. The number of nitrogens with zero attached hydrogens (tertiary/aromatic N) is 8. The molecule has 3 heterocycles. The summed E-state index contributed by atoms with van der Waals surface area (Å²) in [6.07, 6.45) is 0.693. The number of fused-ring (bicyclic) bond motifs is 21. The lowest BCUT2D eigenvalue weighted by atomic mass is 9.85. The van der Waals surface area contributed by atoms with Crippen molar-refractivity contribution in [2.45, 2.75) is 13.2 Å². The molecule has 3 saturated heterocycles. The molecule has 1 aromatic rings. The number of rotatable bonds is 7. The summed E-state index contributed by atoms with van der Waals surface area (Å²) in [5, 5.41) is 10.8. The molecule has 3 aliphatic rings. The van der Waals surface area contributed by atoms with Gasteiger partial charge in [-0.3, -0.25) is 29.0 Å². The van der Waals surface area contributed by atoms with E-state index < -0.39 is 36.2 Å². The second kappa shape index (κ2) is 24.2. The molecular formula is C34H53B5N8O8. The third kappa shape index (κ3) is 16.6. The molecule has 55 heavy (non-hydrogen) atoms. The SMILES string of the molecule is [B]C(=O)N1CCN2CCN(CCCOc3ccc(C(=O)OC)cc3)CCN(B(C)O)CCN(CCN(C([B])=O)CC1)CCN(C([B])=O)CCN(C([B])=O)CC2. The zero-order valence-corrected chi connectivity index (χ0v) is 32.4. The summed E-state index contributed by atoms with van der Waals surface area (Å²) in [6.45, 7) is 9.44. The highest BCUT2D eigenvalue weighted by Crippen LogP contribution is 2.13. The molecule has 3 aliphatic heterocycles. The molecule has 0 spiro atoms. The Morgan fingerprint density at radius 2 is 0.964 bits per heavy atom. The van der Waals surface area contributed by atoms with E-state index in [-0.39, 0.29) is 52.4 Å². The second-order valence-electron chi connectivity index (χ2n) is 13.7. The van der Waals surface area contributed by atoms with E-state index >= 15 is 0 Å². The Morgan fingerprint density at radius 1 is 0.600 bits per heavy atom. The van der Waals surface area contributed by atoms with Crippen molar-refractivity contribution in [3.8, 4) is 5.75 Å². The average Bonchev–Trinajstić information content (AvgIpc) is 3.14. The Labute approximate surface area is 331 Å². The molecule has 21 heteroatoms. The number of benzene rings is 1. The van der Waals surface area contributed by atoms with Gasteiger partial charge in [-0.25, -0.2) is 4.79 Å². The van der Waals surface area contributed by atoms with Gasteiger partial charge >= 0.3 is 13.0 Å². The lowest BCUT2D eigenvalue weighted by molar-refractivity contribution is 0.0600. The number of hydrogen-bond acceptors (Lipinski definition) is 12. The van der Waals surface area contributed by atoms with Crippen molar-refractivity contribution in [3.05, 3.63) is 29.8 Å². The van der Waals surface area contributed by atoms with Crippen LogP contribution in [0, 0.1) is 0 Å². The average molecular weight is 756 g/mol. The van der Waals surface area contributed by atoms with Crippen molar-refractivity contribution in [2.24, 2.45) is 0 Å². The van der Waals surface area contributed by atoms with Gasteiger partial charge in [0.2, 0.25) is 31.4 Å². The van der Waals surface area contributed by atoms with E-state index in [9.17, 15) is 29.0 Å². The Kier molecular flexibility index (Phi) is 20.2. The fourth-order valence-corrected chi connectivity index (χ4v) is 6.46. The van der Waals surface area contributed by atoms with Crippen molar-refractivity contribution < 1.29 is 38.5 Å². The predicted molar refractivity (Wildman–Crippen MR) is 214 cm³/mol. The Hall–Kier alpha value is -3.51. The first-order valence-electron chi connectivity index (χ1n) is 18.8. The number of hydrogen-bond donors (Lipinski definition) is 1. The van der Waals surface area contributed by atoms with E-state index in [1.807, 2.05) is 4.81 Å². The van der Waals surface area contributed by atoms with Crippen LogP contribution >= 0.6 is 0 Å². The van der Waals surface area contributed by atoms with E-state index in [0.29, 0.717) is 96.3 Å². The van der Waals surface area contributed by atoms with Gasteiger partial charge in [0, 0.05) is 124 Å². The monoisotopic (exact) mass is 756 g/mol. The van der Waals surface area contributed by atoms with Crippen LogP contribution < -0.4 is 4.74 Å². The maximum Gasteiger partial charge on any atom is 0.376 e. The fraction of sp³-hybridized carbons (Fsp3) is 0.676. The highest BCUT2D eigenvalue weighted by atomic mass is 16.5. The maximum atomic E-state index is 12.6. The quantitative estimate of drug-likeness (QED) is 0.206. The summed E-state index contributed by atoms with van der Waals surface area (Å²) in [7, 11) is 23.7. The normalized spacial score (nSPS) is 21.0. The Bertz CT molecular complexity index is 1340. The van der Waals surface area contributed by atoms with Crippen LogP contribution in [0.3, 0.4) is 0 Å². The Balaban J connectivity index is 1.89. The first-order valence-corrected chi connectivity index (χ1v) is 18.8. The molecule has 0 aliphatic carbocycles. The van der Waals surface area contributed by atoms with Crippen molar-refractivity contribution in [3.63, 3.8) is 0 Å². The van der Waals surface area contributed by atoms with Crippen LogP contribution in [0.4, 0.5) is 19.2 Å². The van der Waals surface area contributed by atoms with Gasteiger partial charge in [0.1, 0.15) is 5.75 Å². The number of carbonyl (C=O) groups excluding carboxylic acids is 5. The lowest BCUT2D eigenvalue weighted by Crippen LogP contribution is -2.52. The number of esters is 1. The first-order chi connectivity index (χ1) is 26.3. The standard InChI is InChI=1S/C34H53B5N8O8/c1-39(53)47-25-15-40(8-3-27-55-29-6-4-28(5-7-29)30(48)54-2)9-10-41-11-17-43(31(35)49)21-23-45(33(37)51)19-13-42(16-26-47)14-20-46(34(38)52)24-22-44(18-12-41)32(36)50/h4-7,53H,3,8-27H2,1-2H3. The molecule has 4 amide bonds. The molecule has 4 rings (SSSR count). The molecule has 0 atom stereocenters. The molecule has 0 aromatic heterocycles. The van der Waals surface area contributed by atoms with E-state index in [2.05, 4.69) is 14.7 Å². The summed E-state index contributed by atoms with van der Waals surface area (Å²) in [4.78, 5) is 76.2. The van der Waals surface area contributed by atoms with Gasteiger partial charge in [0.15, 0.2) is 23.2 Å². The van der Waals surface area contributed by atoms with Crippen LogP contribution in [0.25, 0.3) is 0 Å². The molecule has 8 radical (unpaired) electrons. The first kappa shape index (κ1) is 45.9. The third-order valence-electron chi connectivity index (χ3n) is 10.1. The second-order valence-corrected chi connectivity index (χ2v) is 13.7. The van der Waals surface area contributed by atoms with Gasteiger partial charge in [-0.2, -0.15) is 0 Å². The zero-order valence-electron chi connectivity index (χ0n) is 32.4. The summed E-state index contributed by atoms with van der Waals surface area (Å²) in [5.41, 5.74) is 0.434. The van der Waals surface area contributed by atoms with Crippen LogP contribution in [0.15, 0.2) is 24.3 Å². The molecule has 292 valence electrons. The van der Waals surface area contributed by atoms with Crippen LogP contribution in [-0.4, -0.2) is 250 Å². The van der Waals surface area contributed by atoms with Gasteiger partial charge < -0.3 is 43.8 Å². The van der Waals surface area contributed by atoms with E-state index in [0.717, 1.165) is 0 Å². The number of carbonyl (C=O) groups is 5. The molecule has 1 aromatic carbocycles. The molecular weight excluding hydrogens is 702 g/mol. The summed E-state index contributed by atoms with van der Waals surface area (Å²) in [6, 6.07) is 6.76. The minimum atomic E-state index is -0.739. The number of amides is 4. The predicted octanol–water partition coefficient (Wildman–Crippen LogP) is -1.05. The molecule has 16 nitrogen and oxygen atoms in total. The summed E-state index contributed by atoms with van der Waals surface area (Å²) in [5.74, 6) is -2.30. The number of methoxy groups -OCH3 is 1. The minimum absolute atomic E-state index is 0.167. The van der Waals surface area contributed by atoms with Crippen molar-refractivity contribution in [1.82, 2.24) is 39.1 Å².